The summed E-state index contributed by atoms with van der Waals surface area (Å²) in [5.74, 6) is -0.0335. The minimum absolute atomic E-state index is 0.0335. The third kappa shape index (κ3) is 3.42. The molecular weight excluding hydrogens is 244 g/mol. The average molecular weight is 260 g/mol. The van der Waals surface area contributed by atoms with Crippen LogP contribution >= 0.6 is 11.3 Å². The quantitative estimate of drug-likeness (QED) is 0.865. The molecule has 1 aromatic heterocycles. The molecule has 0 atom stereocenters. The van der Waals surface area contributed by atoms with Gasteiger partial charge < -0.3 is 11.1 Å². The van der Waals surface area contributed by atoms with Crippen molar-refractivity contribution in [2.24, 2.45) is 5.73 Å². The molecule has 0 unspecified atom stereocenters. The van der Waals surface area contributed by atoms with Crippen molar-refractivity contribution in [3.63, 3.8) is 0 Å². The molecule has 1 aromatic carbocycles. The van der Waals surface area contributed by atoms with Gasteiger partial charge in [-0.15, -0.1) is 0 Å². The number of benzene rings is 1. The number of nitrogens with one attached hydrogen (secondary N) is 1. The van der Waals surface area contributed by atoms with Crippen LogP contribution in [-0.4, -0.2) is 12.5 Å². The van der Waals surface area contributed by atoms with Gasteiger partial charge in [0.1, 0.15) is 0 Å². The van der Waals surface area contributed by atoms with Gasteiger partial charge in [-0.1, -0.05) is 12.1 Å². The summed E-state index contributed by atoms with van der Waals surface area (Å²) < 4.78 is 0. The predicted octanol–water partition coefficient (Wildman–Crippen LogP) is 2.18. The summed E-state index contributed by atoms with van der Waals surface area (Å²) >= 11 is 1.67. The first kappa shape index (κ1) is 12.8. The third-order valence-electron chi connectivity index (χ3n) is 2.73. The molecule has 1 amide bonds. The Balaban J connectivity index is 1.83. The van der Waals surface area contributed by atoms with Crippen LogP contribution in [0.15, 0.2) is 41.1 Å². The maximum atomic E-state index is 11.8. The maximum absolute atomic E-state index is 11.8. The molecule has 94 valence electrons. The maximum Gasteiger partial charge on any atom is 0.251 e. The minimum atomic E-state index is -0.0335. The van der Waals surface area contributed by atoms with Gasteiger partial charge in [0.2, 0.25) is 0 Å². The molecule has 0 saturated heterocycles. The van der Waals surface area contributed by atoms with Crippen LogP contribution in [-0.2, 0) is 13.0 Å². The zero-order valence-electron chi connectivity index (χ0n) is 10.1. The van der Waals surface area contributed by atoms with Gasteiger partial charge in [-0.3, -0.25) is 4.79 Å². The number of amides is 1. The Hall–Kier alpha value is -1.65. The fraction of sp³-hybridized carbons (Fsp3) is 0.214. The molecule has 0 aliphatic rings. The zero-order chi connectivity index (χ0) is 12.8. The first-order valence-corrected chi connectivity index (χ1v) is 6.82. The largest absolute Gasteiger partial charge is 0.352 e. The molecule has 2 aromatic rings. The molecule has 0 spiro atoms. The number of hydrogen-bond donors (Lipinski definition) is 2. The van der Waals surface area contributed by atoms with Gasteiger partial charge in [-0.25, -0.2) is 0 Å². The van der Waals surface area contributed by atoms with E-state index >= 15 is 0 Å². The second-order valence-corrected chi connectivity index (χ2v) is 4.82. The Labute approximate surface area is 111 Å². The fourth-order valence-corrected chi connectivity index (χ4v) is 2.35. The number of rotatable bonds is 5. The van der Waals surface area contributed by atoms with Crippen LogP contribution in [0, 0.1) is 0 Å². The normalized spacial score (nSPS) is 10.3. The average Bonchev–Trinajstić information content (AvgIpc) is 2.92. The molecule has 1 heterocycles. The topological polar surface area (TPSA) is 55.1 Å². The van der Waals surface area contributed by atoms with Gasteiger partial charge in [-0.05, 0) is 46.5 Å². The summed E-state index contributed by atoms with van der Waals surface area (Å²) in [7, 11) is 0. The zero-order valence-corrected chi connectivity index (χ0v) is 10.9. The number of nitrogens with two attached hydrogens (primary N) is 1. The van der Waals surface area contributed by atoms with Gasteiger partial charge in [0.05, 0.1) is 0 Å². The molecule has 3 N–H and O–H groups in total. The highest BCUT2D eigenvalue weighted by molar-refractivity contribution is 7.07. The smallest absolute Gasteiger partial charge is 0.251 e. The van der Waals surface area contributed by atoms with E-state index in [1.807, 2.05) is 29.6 Å². The van der Waals surface area contributed by atoms with Crippen molar-refractivity contribution in [3.8, 4) is 0 Å². The first-order chi connectivity index (χ1) is 8.79. The van der Waals surface area contributed by atoms with Crippen molar-refractivity contribution in [3.05, 3.63) is 57.8 Å². The molecule has 0 saturated carbocycles. The van der Waals surface area contributed by atoms with Gasteiger partial charge in [0.15, 0.2) is 0 Å². The van der Waals surface area contributed by atoms with Gasteiger partial charge >= 0.3 is 0 Å². The van der Waals surface area contributed by atoms with Gasteiger partial charge in [0.25, 0.3) is 5.91 Å². The van der Waals surface area contributed by atoms with Crippen molar-refractivity contribution in [1.82, 2.24) is 5.32 Å². The predicted molar refractivity (Wildman–Crippen MR) is 74.7 cm³/mol. The van der Waals surface area contributed by atoms with E-state index < -0.39 is 0 Å². The number of thiophene rings is 1. The Kier molecular flexibility index (Phi) is 4.50. The van der Waals surface area contributed by atoms with Gasteiger partial charge in [-0.2, -0.15) is 11.3 Å². The highest BCUT2D eigenvalue weighted by Crippen LogP contribution is 2.06. The summed E-state index contributed by atoms with van der Waals surface area (Å²) in [4.78, 5) is 11.8. The minimum Gasteiger partial charge on any atom is -0.352 e. The number of hydrogen-bond acceptors (Lipinski definition) is 3. The lowest BCUT2D eigenvalue weighted by atomic mass is 10.1. The lowest BCUT2D eigenvalue weighted by molar-refractivity contribution is 0.0954. The van der Waals surface area contributed by atoms with E-state index in [0.717, 1.165) is 12.0 Å². The molecule has 0 aliphatic heterocycles. The number of carbonyl (C=O) groups excluding carboxylic acids is 1. The van der Waals surface area contributed by atoms with Crippen LogP contribution in [0.4, 0.5) is 0 Å². The fourth-order valence-electron chi connectivity index (χ4n) is 1.65. The first-order valence-electron chi connectivity index (χ1n) is 5.88. The molecule has 4 heteroatoms. The summed E-state index contributed by atoms with van der Waals surface area (Å²) in [6.07, 6.45) is 0.871. The Morgan fingerprint density at radius 1 is 1.17 bits per heavy atom. The third-order valence-corrected chi connectivity index (χ3v) is 3.46. The Bertz CT molecular complexity index is 491. The van der Waals surface area contributed by atoms with E-state index in [2.05, 4.69) is 16.8 Å². The van der Waals surface area contributed by atoms with Gasteiger partial charge in [0, 0.05) is 18.7 Å². The van der Waals surface area contributed by atoms with Crippen LogP contribution in [0.25, 0.3) is 0 Å². The molecule has 18 heavy (non-hydrogen) atoms. The van der Waals surface area contributed by atoms with E-state index in [-0.39, 0.29) is 5.91 Å². The van der Waals surface area contributed by atoms with E-state index in [0.29, 0.717) is 18.7 Å². The molecule has 2 rings (SSSR count). The molecule has 0 bridgehead atoms. The summed E-state index contributed by atoms with van der Waals surface area (Å²) in [6.45, 7) is 1.16. The highest BCUT2D eigenvalue weighted by atomic mass is 32.1. The van der Waals surface area contributed by atoms with E-state index in [4.69, 9.17) is 5.73 Å². The molecular formula is C14H16N2OS. The van der Waals surface area contributed by atoms with E-state index in [1.54, 1.807) is 11.3 Å². The molecule has 0 fully saturated rings. The van der Waals surface area contributed by atoms with Crippen LogP contribution in [0.2, 0.25) is 0 Å². The molecule has 3 nitrogen and oxygen atoms in total. The lowest BCUT2D eigenvalue weighted by Gasteiger charge is -2.05. The second-order valence-electron chi connectivity index (χ2n) is 4.04. The van der Waals surface area contributed by atoms with Crippen LogP contribution in [0.3, 0.4) is 0 Å². The number of carbonyl (C=O) groups is 1. The molecule has 0 radical (unpaired) electrons. The Morgan fingerprint density at radius 2 is 1.94 bits per heavy atom. The SMILES string of the molecule is NCc1ccc(C(=O)NCCc2ccsc2)cc1. The molecule has 0 aliphatic carbocycles. The van der Waals surface area contributed by atoms with E-state index in [1.165, 1.54) is 5.56 Å². The van der Waals surface area contributed by atoms with Crippen molar-refractivity contribution < 1.29 is 4.79 Å². The van der Waals surface area contributed by atoms with Crippen molar-refractivity contribution in [2.75, 3.05) is 6.54 Å². The van der Waals surface area contributed by atoms with Crippen LogP contribution in [0.5, 0.6) is 0 Å². The second kappa shape index (κ2) is 6.33. The van der Waals surface area contributed by atoms with Crippen molar-refractivity contribution in [2.45, 2.75) is 13.0 Å². The van der Waals surface area contributed by atoms with Crippen molar-refractivity contribution >= 4 is 17.2 Å². The highest BCUT2D eigenvalue weighted by Gasteiger charge is 2.04. The van der Waals surface area contributed by atoms with Crippen LogP contribution in [0.1, 0.15) is 21.5 Å². The standard InChI is InChI=1S/C14H16N2OS/c15-9-11-1-3-13(4-2-11)14(17)16-7-5-12-6-8-18-10-12/h1-4,6,8,10H,5,7,9,15H2,(H,16,17). The summed E-state index contributed by atoms with van der Waals surface area (Å²) in [6, 6.07) is 9.46. The van der Waals surface area contributed by atoms with Crippen molar-refractivity contribution in [1.29, 1.82) is 0 Å². The summed E-state index contributed by atoms with van der Waals surface area (Å²) in [5.41, 5.74) is 8.48. The monoisotopic (exact) mass is 260 g/mol. The lowest BCUT2D eigenvalue weighted by Crippen LogP contribution is -2.25. The van der Waals surface area contributed by atoms with Crippen LogP contribution < -0.4 is 11.1 Å². The Morgan fingerprint density at radius 3 is 2.56 bits per heavy atom. The van der Waals surface area contributed by atoms with E-state index in [9.17, 15) is 4.79 Å². The summed E-state index contributed by atoms with van der Waals surface area (Å²) in [5, 5.41) is 7.05.